The molecule has 0 bridgehead atoms. The number of amides is 1. The fourth-order valence-corrected chi connectivity index (χ4v) is 3.23. The summed E-state index contributed by atoms with van der Waals surface area (Å²) in [4.78, 5) is 22.9. The minimum atomic E-state index is -0.0643. The van der Waals surface area contributed by atoms with Crippen LogP contribution in [-0.4, -0.2) is 71.4 Å². The van der Waals surface area contributed by atoms with Gasteiger partial charge in [0.15, 0.2) is 0 Å². The van der Waals surface area contributed by atoms with Crippen LogP contribution >= 0.6 is 0 Å². The van der Waals surface area contributed by atoms with Crippen molar-refractivity contribution in [3.05, 3.63) is 30.1 Å². The molecular formula is C19H29N5O. The molecular weight excluding hydrogens is 314 g/mol. The van der Waals surface area contributed by atoms with Crippen molar-refractivity contribution < 1.29 is 4.79 Å². The number of hydrogen-bond acceptors (Lipinski definition) is 5. The zero-order valence-electron chi connectivity index (χ0n) is 15.7. The van der Waals surface area contributed by atoms with Crippen molar-refractivity contribution >= 4 is 5.91 Å². The van der Waals surface area contributed by atoms with Gasteiger partial charge in [0.2, 0.25) is 5.91 Å². The summed E-state index contributed by atoms with van der Waals surface area (Å²) in [5, 5.41) is 9.33. The van der Waals surface area contributed by atoms with Gasteiger partial charge in [0, 0.05) is 44.6 Å². The average Bonchev–Trinajstić information content (AvgIpc) is 2.62. The summed E-state index contributed by atoms with van der Waals surface area (Å²) in [5.74, 6) is 0.453. The highest BCUT2D eigenvalue weighted by atomic mass is 16.2. The fraction of sp³-hybridized carbons (Fsp3) is 0.632. The van der Waals surface area contributed by atoms with Crippen LogP contribution in [0.5, 0.6) is 0 Å². The first-order valence-corrected chi connectivity index (χ1v) is 8.95. The van der Waals surface area contributed by atoms with E-state index in [4.69, 9.17) is 0 Å². The standard InChI is InChI=1S/C19H29N5O/c1-15(2)18(12-20)23-8-10-24(11-9-23)19(25)14-22(4)16(3)17-6-5-7-21-13-17/h5-7,13,15-16,18H,8-11,14H2,1-4H3/t16-,18-/m0/s1. The largest absolute Gasteiger partial charge is 0.339 e. The van der Waals surface area contributed by atoms with Gasteiger partial charge in [-0.1, -0.05) is 19.9 Å². The van der Waals surface area contributed by atoms with Crippen molar-refractivity contribution in [1.29, 1.82) is 5.26 Å². The quantitative estimate of drug-likeness (QED) is 0.788. The first-order chi connectivity index (χ1) is 11.9. The molecule has 25 heavy (non-hydrogen) atoms. The average molecular weight is 343 g/mol. The molecule has 0 radical (unpaired) electrons. The molecule has 1 amide bonds. The third kappa shape index (κ3) is 5.00. The van der Waals surface area contributed by atoms with Crippen LogP contribution in [0.2, 0.25) is 0 Å². The van der Waals surface area contributed by atoms with E-state index in [1.54, 1.807) is 6.20 Å². The van der Waals surface area contributed by atoms with Crippen LogP contribution in [0.1, 0.15) is 32.4 Å². The number of nitriles is 1. The fourth-order valence-electron chi connectivity index (χ4n) is 3.23. The van der Waals surface area contributed by atoms with Gasteiger partial charge in [0.05, 0.1) is 12.6 Å². The predicted molar refractivity (Wildman–Crippen MR) is 97.7 cm³/mol. The lowest BCUT2D eigenvalue weighted by molar-refractivity contribution is -0.134. The maximum atomic E-state index is 12.6. The van der Waals surface area contributed by atoms with Crippen molar-refractivity contribution in [1.82, 2.24) is 19.7 Å². The van der Waals surface area contributed by atoms with Gasteiger partial charge in [-0.3, -0.25) is 19.6 Å². The first kappa shape index (κ1) is 19.4. The van der Waals surface area contributed by atoms with Crippen LogP contribution in [0, 0.1) is 17.2 Å². The summed E-state index contributed by atoms with van der Waals surface area (Å²) >= 11 is 0. The molecule has 2 atom stereocenters. The van der Waals surface area contributed by atoms with Crippen molar-refractivity contribution in [2.24, 2.45) is 5.92 Å². The van der Waals surface area contributed by atoms with Gasteiger partial charge in [-0.05, 0) is 31.5 Å². The van der Waals surface area contributed by atoms with Crippen LogP contribution in [-0.2, 0) is 4.79 Å². The second-order valence-electron chi connectivity index (χ2n) is 7.11. The summed E-state index contributed by atoms with van der Waals surface area (Å²) in [5.41, 5.74) is 1.11. The molecule has 1 aliphatic rings. The van der Waals surface area contributed by atoms with E-state index in [-0.39, 0.29) is 18.0 Å². The van der Waals surface area contributed by atoms with E-state index in [0.29, 0.717) is 25.6 Å². The van der Waals surface area contributed by atoms with Crippen LogP contribution < -0.4 is 0 Å². The van der Waals surface area contributed by atoms with Gasteiger partial charge in [-0.15, -0.1) is 0 Å². The highest BCUT2D eigenvalue weighted by Crippen LogP contribution is 2.18. The van der Waals surface area contributed by atoms with Gasteiger partial charge < -0.3 is 4.90 Å². The second-order valence-corrected chi connectivity index (χ2v) is 7.11. The number of piperazine rings is 1. The predicted octanol–water partition coefficient (Wildman–Crippen LogP) is 1.77. The maximum absolute atomic E-state index is 12.6. The Hall–Kier alpha value is -1.97. The number of likely N-dealkylation sites (N-methyl/N-ethyl adjacent to an activating group) is 1. The number of aromatic nitrogens is 1. The molecule has 6 nitrogen and oxygen atoms in total. The van der Waals surface area contributed by atoms with Crippen LogP contribution in [0.25, 0.3) is 0 Å². The second kappa shape index (κ2) is 8.93. The molecule has 1 aromatic heterocycles. The highest BCUT2D eigenvalue weighted by molar-refractivity contribution is 5.78. The van der Waals surface area contributed by atoms with E-state index in [9.17, 15) is 10.1 Å². The van der Waals surface area contributed by atoms with Crippen LogP contribution in [0.15, 0.2) is 24.5 Å². The number of rotatable bonds is 6. The molecule has 0 aromatic carbocycles. The molecule has 0 spiro atoms. The van der Waals surface area contributed by atoms with Gasteiger partial charge in [-0.2, -0.15) is 5.26 Å². The summed E-state index contributed by atoms with van der Waals surface area (Å²) in [6.45, 7) is 9.54. The molecule has 0 aliphatic carbocycles. The lowest BCUT2D eigenvalue weighted by atomic mass is 10.0. The Kier molecular flexibility index (Phi) is 6.91. The molecule has 2 heterocycles. The van der Waals surface area contributed by atoms with E-state index in [0.717, 1.165) is 18.7 Å². The zero-order valence-corrected chi connectivity index (χ0v) is 15.7. The van der Waals surface area contributed by atoms with Gasteiger partial charge >= 0.3 is 0 Å². The summed E-state index contributed by atoms with van der Waals surface area (Å²) in [6, 6.07) is 6.42. The summed E-state index contributed by atoms with van der Waals surface area (Å²) < 4.78 is 0. The Morgan fingerprint density at radius 1 is 1.32 bits per heavy atom. The normalized spacial score (nSPS) is 18.2. The Morgan fingerprint density at radius 3 is 2.52 bits per heavy atom. The number of hydrogen-bond donors (Lipinski definition) is 0. The SMILES string of the molecule is CC(C)[C@H](C#N)N1CCN(C(=O)CN(C)[C@@H](C)c2cccnc2)CC1. The molecule has 1 saturated heterocycles. The number of pyridine rings is 1. The monoisotopic (exact) mass is 343 g/mol. The number of carbonyl (C=O) groups is 1. The Morgan fingerprint density at radius 2 is 2.00 bits per heavy atom. The van der Waals surface area contributed by atoms with Crippen LogP contribution in [0.3, 0.4) is 0 Å². The topological polar surface area (TPSA) is 63.5 Å². The molecule has 1 fully saturated rings. The Bertz CT molecular complexity index is 590. The summed E-state index contributed by atoms with van der Waals surface area (Å²) in [6.07, 6.45) is 3.60. The highest BCUT2D eigenvalue weighted by Gasteiger charge is 2.28. The molecule has 2 rings (SSSR count). The van der Waals surface area contributed by atoms with Crippen molar-refractivity contribution in [3.8, 4) is 6.07 Å². The van der Waals surface area contributed by atoms with E-state index >= 15 is 0 Å². The minimum Gasteiger partial charge on any atom is -0.339 e. The molecule has 0 N–H and O–H groups in total. The lowest BCUT2D eigenvalue weighted by Gasteiger charge is -2.38. The molecule has 0 unspecified atom stereocenters. The van der Waals surface area contributed by atoms with Crippen molar-refractivity contribution in [2.45, 2.75) is 32.9 Å². The smallest absolute Gasteiger partial charge is 0.236 e. The lowest BCUT2D eigenvalue weighted by Crippen LogP contribution is -2.54. The van der Waals surface area contributed by atoms with E-state index in [2.05, 4.69) is 41.6 Å². The number of carbonyl (C=O) groups excluding carboxylic acids is 1. The molecule has 136 valence electrons. The molecule has 1 aromatic rings. The zero-order chi connectivity index (χ0) is 18.4. The van der Waals surface area contributed by atoms with Gasteiger partial charge in [0.1, 0.15) is 6.04 Å². The van der Waals surface area contributed by atoms with Crippen molar-refractivity contribution in [2.75, 3.05) is 39.8 Å². The van der Waals surface area contributed by atoms with Crippen LogP contribution in [0.4, 0.5) is 0 Å². The molecule has 1 aliphatic heterocycles. The van der Waals surface area contributed by atoms with E-state index in [1.807, 2.05) is 30.3 Å². The Labute approximate surface area is 151 Å². The summed E-state index contributed by atoms with van der Waals surface area (Å²) in [7, 11) is 1.97. The van der Waals surface area contributed by atoms with E-state index in [1.165, 1.54) is 0 Å². The van der Waals surface area contributed by atoms with E-state index < -0.39 is 0 Å². The Balaban J connectivity index is 1.85. The third-order valence-electron chi connectivity index (χ3n) is 5.04. The van der Waals surface area contributed by atoms with Gasteiger partial charge in [-0.25, -0.2) is 0 Å². The van der Waals surface area contributed by atoms with Gasteiger partial charge in [0.25, 0.3) is 0 Å². The minimum absolute atomic E-state index is 0.0643. The number of nitrogens with zero attached hydrogens (tertiary/aromatic N) is 5. The molecule has 6 heteroatoms. The first-order valence-electron chi connectivity index (χ1n) is 8.95. The van der Waals surface area contributed by atoms with Crippen molar-refractivity contribution in [3.63, 3.8) is 0 Å². The third-order valence-corrected chi connectivity index (χ3v) is 5.04. The maximum Gasteiger partial charge on any atom is 0.236 e. The molecule has 0 saturated carbocycles.